The molecule has 2 rings (SSSR count). The van der Waals surface area contributed by atoms with Gasteiger partial charge in [-0.1, -0.05) is 42.5 Å². The summed E-state index contributed by atoms with van der Waals surface area (Å²) in [5.74, 6) is 1.58. The number of hydrogen-bond acceptors (Lipinski definition) is 2. The van der Waals surface area contributed by atoms with Crippen molar-refractivity contribution in [2.24, 2.45) is 0 Å². The van der Waals surface area contributed by atoms with E-state index in [0.717, 1.165) is 22.8 Å². The zero-order valence-corrected chi connectivity index (χ0v) is 14.2. The lowest BCUT2D eigenvalue weighted by atomic mass is 10.1. The number of carbonyl (C=O) groups excluding carboxylic acids is 1. The molecule has 0 bridgehead atoms. The number of rotatable bonds is 7. The number of nitrogens with one attached hydrogen (secondary N) is 1. The first-order chi connectivity index (χ1) is 11.6. The van der Waals surface area contributed by atoms with Crippen LogP contribution in [0, 0.1) is 6.92 Å². The first-order valence-corrected chi connectivity index (χ1v) is 7.99. The summed E-state index contributed by atoms with van der Waals surface area (Å²) < 4.78 is 5.63. The van der Waals surface area contributed by atoms with Crippen molar-refractivity contribution >= 4 is 11.6 Å². The topological polar surface area (TPSA) is 38.3 Å². The zero-order valence-electron chi connectivity index (χ0n) is 14.2. The van der Waals surface area contributed by atoms with E-state index in [9.17, 15) is 4.79 Å². The molecule has 0 saturated carbocycles. The van der Waals surface area contributed by atoms with Gasteiger partial charge in [0, 0.05) is 12.1 Å². The van der Waals surface area contributed by atoms with Crippen molar-refractivity contribution < 1.29 is 9.53 Å². The molecular weight excluding hydrogens is 298 g/mol. The molecule has 0 aliphatic heterocycles. The lowest BCUT2D eigenvalue weighted by Gasteiger charge is -2.08. The fourth-order valence-electron chi connectivity index (χ4n) is 2.23. The first kappa shape index (κ1) is 17.5. The van der Waals surface area contributed by atoms with E-state index in [0.29, 0.717) is 12.8 Å². The molecule has 124 valence electrons. The highest BCUT2D eigenvalue weighted by molar-refractivity contribution is 5.90. The molecule has 0 aromatic heterocycles. The van der Waals surface area contributed by atoms with E-state index < -0.39 is 0 Å². The number of carbonyl (C=O) groups is 1. The lowest BCUT2D eigenvalue weighted by Crippen LogP contribution is -2.12. The molecule has 0 unspecified atom stereocenters. The van der Waals surface area contributed by atoms with Crippen molar-refractivity contribution in [3.63, 3.8) is 0 Å². The monoisotopic (exact) mass is 321 g/mol. The third kappa shape index (κ3) is 5.76. The average Bonchev–Trinajstić information content (AvgIpc) is 2.56. The van der Waals surface area contributed by atoms with Crippen molar-refractivity contribution in [1.82, 2.24) is 0 Å². The van der Waals surface area contributed by atoms with E-state index in [2.05, 4.69) is 11.9 Å². The number of aryl methyl sites for hydroxylation is 2. The number of ether oxygens (including phenoxy) is 1. The van der Waals surface area contributed by atoms with Gasteiger partial charge in [-0.05, 0) is 56.2 Å². The van der Waals surface area contributed by atoms with Crippen LogP contribution in [-0.2, 0) is 11.2 Å². The molecule has 24 heavy (non-hydrogen) atoms. The Morgan fingerprint density at radius 3 is 2.42 bits per heavy atom. The highest BCUT2D eigenvalue weighted by Crippen LogP contribution is 2.16. The first-order valence-electron chi connectivity index (χ1n) is 7.99. The van der Waals surface area contributed by atoms with Gasteiger partial charge >= 0.3 is 0 Å². The standard InChI is InChI=1S/C21H23NO2/c1-4-5-17(3)24-20-13-8-18(9-14-20)10-15-21(23)22-19-11-6-16(2)7-12-19/h4-9,11-14H,1,10,15H2,2-3H3,(H,22,23)/b17-5+. The average molecular weight is 321 g/mol. The SMILES string of the molecule is C=C/C=C(\C)Oc1ccc(CCC(=O)Nc2ccc(C)cc2)cc1. The van der Waals surface area contributed by atoms with E-state index >= 15 is 0 Å². The summed E-state index contributed by atoms with van der Waals surface area (Å²) in [6, 6.07) is 15.6. The minimum atomic E-state index is 0.0175. The summed E-state index contributed by atoms with van der Waals surface area (Å²) in [7, 11) is 0. The van der Waals surface area contributed by atoms with Gasteiger partial charge in [-0.2, -0.15) is 0 Å². The van der Waals surface area contributed by atoms with Crippen LogP contribution in [0.25, 0.3) is 0 Å². The molecule has 1 N–H and O–H groups in total. The maximum atomic E-state index is 12.0. The van der Waals surface area contributed by atoms with Crippen LogP contribution in [0.4, 0.5) is 5.69 Å². The van der Waals surface area contributed by atoms with Gasteiger partial charge in [-0.15, -0.1) is 0 Å². The Morgan fingerprint density at radius 2 is 1.79 bits per heavy atom. The number of hydrogen-bond donors (Lipinski definition) is 1. The van der Waals surface area contributed by atoms with Crippen molar-refractivity contribution in [3.8, 4) is 5.75 Å². The Kier molecular flexibility index (Phi) is 6.38. The molecular formula is C21H23NO2. The molecule has 0 saturated heterocycles. The summed E-state index contributed by atoms with van der Waals surface area (Å²) in [6.45, 7) is 7.54. The van der Waals surface area contributed by atoms with E-state index in [1.54, 1.807) is 6.08 Å². The second kappa shape index (κ2) is 8.73. The summed E-state index contributed by atoms with van der Waals surface area (Å²) in [5.41, 5.74) is 3.11. The summed E-state index contributed by atoms with van der Waals surface area (Å²) in [4.78, 5) is 12.0. The fourth-order valence-corrected chi connectivity index (χ4v) is 2.23. The fraction of sp³-hybridized carbons (Fsp3) is 0.190. The molecule has 0 fully saturated rings. The van der Waals surface area contributed by atoms with Crippen LogP contribution in [0.2, 0.25) is 0 Å². The number of amides is 1. The Morgan fingerprint density at radius 1 is 1.12 bits per heavy atom. The van der Waals surface area contributed by atoms with Gasteiger partial charge in [0.05, 0.1) is 0 Å². The molecule has 0 spiro atoms. The van der Waals surface area contributed by atoms with Gasteiger partial charge in [0.2, 0.25) is 5.91 Å². The van der Waals surface area contributed by atoms with E-state index in [1.165, 1.54) is 5.56 Å². The highest BCUT2D eigenvalue weighted by Gasteiger charge is 2.04. The Bertz CT molecular complexity index is 713. The van der Waals surface area contributed by atoms with Crippen LogP contribution >= 0.6 is 0 Å². The van der Waals surface area contributed by atoms with Crippen LogP contribution in [0.15, 0.2) is 73.0 Å². The lowest BCUT2D eigenvalue weighted by molar-refractivity contribution is -0.116. The molecule has 3 nitrogen and oxygen atoms in total. The zero-order chi connectivity index (χ0) is 17.4. The Balaban J connectivity index is 1.83. The predicted molar refractivity (Wildman–Crippen MR) is 99.2 cm³/mol. The number of anilines is 1. The molecule has 0 aliphatic rings. The van der Waals surface area contributed by atoms with Crippen molar-refractivity contribution in [2.45, 2.75) is 26.7 Å². The number of benzene rings is 2. The number of allylic oxidation sites excluding steroid dienone is 3. The minimum Gasteiger partial charge on any atom is -0.462 e. The minimum absolute atomic E-state index is 0.0175. The third-order valence-corrected chi connectivity index (χ3v) is 3.53. The molecule has 0 atom stereocenters. The molecule has 2 aromatic carbocycles. The summed E-state index contributed by atoms with van der Waals surface area (Å²) in [5, 5.41) is 2.91. The maximum absolute atomic E-state index is 12.0. The van der Waals surface area contributed by atoms with Crippen LogP contribution in [0.1, 0.15) is 24.5 Å². The van der Waals surface area contributed by atoms with Gasteiger partial charge in [-0.3, -0.25) is 4.79 Å². The van der Waals surface area contributed by atoms with Crippen LogP contribution in [-0.4, -0.2) is 5.91 Å². The Labute approximate surface area is 143 Å². The smallest absolute Gasteiger partial charge is 0.224 e. The van der Waals surface area contributed by atoms with Gasteiger partial charge < -0.3 is 10.1 Å². The highest BCUT2D eigenvalue weighted by atomic mass is 16.5. The van der Waals surface area contributed by atoms with Gasteiger partial charge in [0.25, 0.3) is 0 Å². The molecule has 0 radical (unpaired) electrons. The molecule has 1 amide bonds. The van der Waals surface area contributed by atoms with E-state index in [-0.39, 0.29) is 5.91 Å². The second-order valence-electron chi connectivity index (χ2n) is 5.67. The van der Waals surface area contributed by atoms with Crippen molar-refractivity contribution in [1.29, 1.82) is 0 Å². The summed E-state index contributed by atoms with van der Waals surface area (Å²) >= 11 is 0. The normalized spacial score (nSPS) is 11.0. The Hall–Kier alpha value is -2.81. The summed E-state index contributed by atoms with van der Waals surface area (Å²) in [6.07, 6.45) is 4.64. The quantitative estimate of drug-likeness (QED) is 0.573. The van der Waals surface area contributed by atoms with Crippen molar-refractivity contribution in [3.05, 3.63) is 84.1 Å². The second-order valence-corrected chi connectivity index (χ2v) is 5.67. The van der Waals surface area contributed by atoms with Crippen molar-refractivity contribution in [2.75, 3.05) is 5.32 Å². The maximum Gasteiger partial charge on any atom is 0.224 e. The van der Waals surface area contributed by atoms with Crippen LogP contribution < -0.4 is 10.1 Å². The van der Waals surface area contributed by atoms with E-state index in [1.807, 2.05) is 68.5 Å². The van der Waals surface area contributed by atoms with Crippen LogP contribution in [0.3, 0.4) is 0 Å². The molecule has 3 heteroatoms. The third-order valence-electron chi connectivity index (χ3n) is 3.53. The van der Waals surface area contributed by atoms with Crippen LogP contribution in [0.5, 0.6) is 5.75 Å². The largest absolute Gasteiger partial charge is 0.462 e. The van der Waals surface area contributed by atoms with Gasteiger partial charge in [0.15, 0.2) is 0 Å². The molecule has 2 aromatic rings. The van der Waals surface area contributed by atoms with Gasteiger partial charge in [-0.25, -0.2) is 0 Å². The van der Waals surface area contributed by atoms with E-state index in [4.69, 9.17) is 4.74 Å². The molecule has 0 heterocycles. The molecule has 0 aliphatic carbocycles. The predicted octanol–water partition coefficient (Wildman–Crippen LogP) is 5.03. The van der Waals surface area contributed by atoms with Gasteiger partial charge in [0.1, 0.15) is 11.5 Å².